The first kappa shape index (κ1) is 19.8. The Morgan fingerprint density at radius 2 is 1.64 bits per heavy atom. The van der Waals surface area contributed by atoms with E-state index in [1.54, 1.807) is 29.4 Å². The molecule has 1 heterocycles. The Balaban J connectivity index is 0.000000450. The van der Waals surface area contributed by atoms with Crippen LogP contribution in [-0.4, -0.2) is 51.0 Å². The SMILES string of the molecule is CC(Cc1ccccc1)N(C)C(=O)c1cccnc1.O=C(O)C(=O)O. The van der Waals surface area contributed by atoms with Crippen molar-refractivity contribution in [3.63, 3.8) is 0 Å². The van der Waals surface area contributed by atoms with Gasteiger partial charge in [0.05, 0.1) is 5.56 Å². The fourth-order valence-electron chi connectivity index (χ4n) is 1.99. The van der Waals surface area contributed by atoms with Crippen LogP contribution in [0.1, 0.15) is 22.8 Å². The van der Waals surface area contributed by atoms with Crippen LogP contribution >= 0.6 is 0 Å². The van der Waals surface area contributed by atoms with Gasteiger partial charge >= 0.3 is 11.9 Å². The summed E-state index contributed by atoms with van der Waals surface area (Å²) in [5.41, 5.74) is 1.87. The molecule has 0 fully saturated rings. The molecule has 0 aliphatic heterocycles. The van der Waals surface area contributed by atoms with Crippen LogP contribution in [0, 0.1) is 0 Å². The van der Waals surface area contributed by atoms with Crippen LogP contribution in [0.25, 0.3) is 0 Å². The van der Waals surface area contributed by atoms with Gasteiger partial charge in [0.2, 0.25) is 0 Å². The number of hydrogen-bond donors (Lipinski definition) is 2. The molecule has 132 valence electrons. The predicted molar refractivity (Wildman–Crippen MR) is 91.2 cm³/mol. The summed E-state index contributed by atoms with van der Waals surface area (Å²) in [5.74, 6) is -3.64. The topological polar surface area (TPSA) is 108 Å². The van der Waals surface area contributed by atoms with Crippen molar-refractivity contribution in [1.29, 1.82) is 0 Å². The number of carbonyl (C=O) groups is 3. The van der Waals surface area contributed by atoms with Gasteiger partial charge in [0.25, 0.3) is 5.91 Å². The van der Waals surface area contributed by atoms with Crippen molar-refractivity contribution in [2.75, 3.05) is 7.05 Å². The van der Waals surface area contributed by atoms with Crippen molar-refractivity contribution in [1.82, 2.24) is 9.88 Å². The zero-order valence-corrected chi connectivity index (χ0v) is 14.0. The fourth-order valence-corrected chi connectivity index (χ4v) is 1.99. The van der Waals surface area contributed by atoms with Gasteiger partial charge in [-0.25, -0.2) is 9.59 Å². The highest BCUT2D eigenvalue weighted by Crippen LogP contribution is 2.10. The molecule has 0 radical (unpaired) electrons. The Labute approximate surface area is 145 Å². The maximum absolute atomic E-state index is 12.3. The van der Waals surface area contributed by atoms with Crippen molar-refractivity contribution in [2.45, 2.75) is 19.4 Å². The number of nitrogens with zero attached hydrogens (tertiary/aromatic N) is 2. The smallest absolute Gasteiger partial charge is 0.414 e. The number of carbonyl (C=O) groups excluding carboxylic acids is 1. The third kappa shape index (κ3) is 6.82. The van der Waals surface area contributed by atoms with Crippen LogP contribution in [0.2, 0.25) is 0 Å². The number of aromatic nitrogens is 1. The van der Waals surface area contributed by atoms with Crippen molar-refractivity contribution in [3.05, 3.63) is 66.0 Å². The van der Waals surface area contributed by atoms with E-state index in [4.69, 9.17) is 19.8 Å². The van der Waals surface area contributed by atoms with E-state index in [0.29, 0.717) is 5.56 Å². The molecule has 1 atom stereocenters. The third-order valence-electron chi connectivity index (χ3n) is 3.45. The van der Waals surface area contributed by atoms with E-state index in [9.17, 15) is 4.79 Å². The summed E-state index contributed by atoms with van der Waals surface area (Å²) in [6.07, 6.45) is 4.13. The molecular formula is C18H20N2O5. The highest BCUT2D eigenvalue weighted by molar-refractivity contribution is 6.27. The second-order valence-electron chi connectivity index (χ2n) is 5.31. The summed E-state index contributed by atoms with van der Waals surface area (Å²) in [6.45, 7) is 2.06. The van der Waals surface area contributed by atoms with E-state index in [1.165, 1.54) is 5.56 Å². The van der Waals surface area contributed by atoms with Gasteiger partial charge in [-0.3, -0.25) is 9.78 Å². The quantitative estimate of drug-likeness (QED) is 0.821. The molecule has 0 aliphatic carbocycles. The molecule has 0 saturated carbocycles. The number of rotatable bonds is 4. The number of aliphatic carboxylic acids is 2. The molecule has 2 rings (SSSR count). The summed E-state index contributed by atoms with van der Waals surface area (Å²) in [4.78, 5) is 36.2. The molecule has 0 spiro atoms. The first-order valence-electron chi connectivity index (χ1n) is 7.50. The lowest BCUT2D eigenvalue weighted by molar-refractivity contribution is -0.159. The number of hydrogen-bond acceptors (Lipinski definition) is 4. The van der Waals surface area contributed by atoms with Crippen LogP contribution in [-0.2, 0) is 16.0 Å². The van der Waals surface area contributed by atoms with Crippen molar-refractivity contribution >= 4 is 17.8 Å². The molecule has 1 amide bonds. The van der Waals surface area contributed by atoms with E-state index >= 15 is 0 Å². The molecule has 1 aromatic heterocycles. The van der Waals surface area contributed by atoms with E-state index in [2.05, 4.69) is 24.0 Å². The summed E-state index contributed by atoms with van der Waals surface area (Å²) in [5, 5.41) is 14.8. The molecular weight excluding hydrogens is 324 g/mol. The zero-order chi connectivity index (χ0) is 18.8. The number of amides is 1. The number of carboxylic acids is 2. The van der Waals surface area contributed by atoms with Crippen LogP contribution in [0.5, 0.6) is 0 Å². The monoisotopic (exact) mass is 344 g/mol. The first-order chi connectivity index (χ1) is 11.8. The average Bonchev–Trinajstić information content (AvgIpc) is 2.62. The van der Waals surface area contributed by atoms with Crippen LogP contribution in [0.3, 0.4) is 0 Å². The van der Waals surface area contributed by atoms with Gasteiger partial charge in [-0.1, -0.05) is 30.3 Å². The van der Waals surface area contributed by atoms with Gasteiger partial charge in [-0.2, -0.15) is 0 Å². The molecule has 7 nitrogen and oxygen atoms in total. The van der Waals surface area contributed by atoms with Crippen molar-refractivity contribution < 1.29 is 24.6 Å². The minimum Gasteiger partial charge on any atom is -0.473 e. The van der Waals surface area contributed by atoms with Gasteiger partial charge in [0.1, 0.15) is 0 Å². The van der Waals surface area contributed by atoms with E-state index < -0.39 is 11.9 Å². The van der Waals surface area contributed by atoms with Gasteiger partial charge < -0.3 is 15.1 Å². The minimum atomic E-state index is -1.82. The maximum Gasteiger partial charge on any atom is 0.414 e. The van der Waals surface area contributed by atoms with Gasteiger partial charge in [-0.05, 0) is 31.0 Å². The predicted octanol–water partition coefficient (Wildman–Crippen LogP) is 1.94. The highest BCUT2D eigenvalue weighted by Gasteiger charge is 2.17. The molecule has 0 aliphatic rings. The Morgan fingerprint density at radius 3 is 2.12 bits per heavy atom. The van der Waals surface area contributed by atoms with Crippen LogP contribution in [0.15, 0.2) is 54.9 Å². The van der Waals surface area contributed by atoms with Crippen molar-refractivity contribution in [2.24, 2.45) is 0 Å². The third-order valence-corrected chi connectivity index (χ3v) is 3.45. The first-order valence-corrected chi connectivity index (χ1v) is 7.50. The van der Waals surface area contributed by atoms with Crippen molar-refractivity contribution in [3.8, 4) is 0 Å². The lowest BCUT2D eigenvalue weighted by Gasteiger charge is -2.25. The molecule has 7 heteroatoms. The molecule has 25 heavy (non-hydrogen) atoms. The maximum atomic E-state index is 12.3. The second-order valence-corrected chi connectivity index (χ2v) is 5.31. The number of carboxylic acid groups (broad SMARTS) is 2. The summed E-state index contributed by atoms with van der Waals surface area (Å²) >= 11 is 0. The van der Waals surface area contributed by atoms with Crippen LogP contribution < -0.4 is 0 Å². The fraction of sp³-hybridized carbons (Fsp3) is 0.222. The molecule has 1 aromatic carbocycles. The van der Waals surface area contributed by atoms with Gasteiger partial charge in [-0.15, -0.1) is 0 Å². The van der Waals surface area contributed by atoms with Crippen LogP contribution in [0.4, 0.5) is 0 Å². The van der Waals surface area contributed by atoms with E-state index in [1.807, 2.05) is 25.2 Å². The van der Waals surface area contributed by atoms with Gasteiger partial charge in [0, 0.05) is 25.5 Å². The van der Waals surface area contributed by atoms with E-state index in [0.717, 1.165) is 6.42 Å². The average molecular weight is 344 g/mol. The zero-order valence-electron chi connectivity index (χ0n) is 14.0. The molecule has 1 unspecified atom stereocenters. The summed E-state index contributed by atoms with van der Waals surface area (Å²) < 4.78 is 0. The standard InChI is InChI=1S/C16H18N2O.C2H2O4/c1-13(11-14-7-4-3-5-8-14)18(2)16(19)15-9-6-10-17-12-15;3-1(4)2(5)6/h3-10,12-13H,11H2,1-2H3;(H,3,4)(H,5,6). The van der Waals surface area contributed by atoms with Gasteiger partial charge in [0.15, 0.2) is 0 Å². The second kappa shape index (κ2) is 9.82. The molecule has 2 N–H and O–H groups in total. The normalized spacial score (nSPS) is 10.8. The largest absolute Gasteiger partial charge is 0.473 e. The number of likely N-dealkylation sites (N-methyl/N-ethyl adjacent to an activating group) is 1. The molecule has 0 saturated heterocycles. The Kier molecular flexibility index (Phi) is 7.78. The lowest BCUT2D eigenvalue weighted by Crippen LogP contribution is -2.36. The molecule has 2 aromatic rings. The Hall–Kier alpha value is -3.22. The number of benzene rings is 1. The Bertz CT molecular complexity index is 692. The summed E-state index contributed by atoms with van der Waals surface area (Å²) in [7, 11) is 1.84. The summed E-state index contributed by atoms with van der Waals surface area (Å²) in [6, 6.07) is 13.9. The number of pyridine rings is 1. The molecule has 0 bridgehead atoms. The highest BCUT2D eigenvalue weighted by atomic mass is 16.4. The lowest BCUT2D eigenvalue weighted by atomic mass is 10.1. The Morgan fingerprint density at radius 1 is 1.04 bits per heavy atom. The minimum absolute atomic E-state index is 0.0107. The van der Waals surface area contributed by atoms with E-state index in [-0.39, 0.29) is 11.9 Å².